The Kier molecular flexibility index (Phi) is 4.39. The Bertz CT molecular complexity index is 538. The maximum Gasteiger partial charge on any atom is 0.0207 e. The predicted molar refractivity (Wildman–Crippen MR) is 83.3 cm³/mol. The summed E-state index contributed by atoms with van der Waals surface area (Å²) in [5.41, 5.74) is 6.62. The first-order valence-electron chi connectivity index (χ1n) is 6.96. The van der Waals surface area contributed by atoms with E-state index in [1.807, 2.05) is 0 Å². The summed E-state index contributed by atoms with van der Waals surface area (Å²) in [7, 11) is 0. The quantitative estimate of drug-likeness (QED) is 0.847. The van der Waals surface area contributed by atoms with Gasteiger partial charge in [0.15, 0.2) is 0 Å². The number of nitrogens with one attached hydrogen (secondary N) is 1. The van der Waals surface area contributed by atoms with Crippen molar-refractivity contribution in [2.45, 2.75) is 40.3 Å². The van der Waals surface area contributed by atoms with Crippen molar-refractivity contribution < 1.29 is 0 Å². The van der Waals surface area contributed by atoms with Crippen molar-refractivity contribution in [3.63, 3.8) is 0 Å². The zero-order valence-corrected chi connectivity index (χ0v) is 12.3. The van der Waals surface area contributed by atoms with Gasteiger partial charge < -0.3 is 5.32 Å². The van der Waals surface area contributed by atoms with Crippen LogP contribution >= 0.6 is 0 Å². The fraction of sp³-hybridized carbons (Fsp3) is 0.333. The van der Waals surface area contributed by atoms with Crippen molar-refractivity contribution in [3.05, 3.63) is 59.2 Å². The van der Waals surface area contributed by atoms with E-state index in [1.54, 1.807) is 0 Å². The average Bonchev–Trinajstić information content (AvgIpc) is 2.38. The van der Waals surface area contributed by atoms with Crippen LogP contribution < -0.4 is 5.32 Å². The first kappa shape index (κ1) is 13.8. The third-order valence-electron chi connectivity index (χ3n) is 3.37. The Hall–Kier alpha value is -1.60. The smallest absolute Gasteiger partial charge is 0.0207 e. The number of hydrogen-bond acceptors (Lipinski definition) is 1. The van der Waals surface area contributed by atoms with Gasteiger partial charge in [0.05, 0.1) is 0 Å². The molecule has 2 aromatic carbocycles. The third kappa shape index (κ3) is 3.68. The van der Waals surface area contributed by atoms with Gasteiger partial charge in [0.1, 0.15) is 0 Å². The fourth-order valence-corrected chi connectivity index (χ4v) is 2.21. The van der Waals surface area contributed by atoms with Gasteiger partial charge in [-0.1, -0.05) is 61.9 Å². The van der Waals surface area contributed by atoms with Gasteiger partial charge in [-0.2, -0.15) is 0 Å². The minimum absolute atomic E-state index is 0.525. The maximum atomic E-state index is 3.46. The standard InChI is InChI=1S/C18H23N/c1-13(2)19-12-16-7-10-18(15(4)11-16)17-8-5-14(3)6-9-17/h5-11,13,19H,12H2,1-4H3. The van der Waals surface area contributed by atoms with Gasteiger partial charge in [-0.3, -0.25) is 0 Å². The van der Waals surface area contributed by atoms with Crippen molar-refractivity contribution in [1.82, 2.24) is 5.32 Å². The summed E-state index contributed by atoms with van der Waals surface area (Å²) < 4.78 is 0. The molecule has 0 aliphatic rings. The molecule has 0 atom stereocenters. The number of hydrogen-bond donors (Lipinski definition) is 1. The number of aryl methyl sites for hydroxylation is 2. The molecule has 0 unspecified atom stereocenters. The first-order chi connectivity index (χ1) is 9.06. The lowest BCUT2D eigenvalue weighted by Gasteiger charge is -2.11. The third-order valence-corrected chi connectivity index (χ3v) is 3.37. The second-order valence-corrected chi connectivity index (χ2v) is 5.55. The largest absolute Gasteiger partial charge is 0.310 e. The van der Waals surface area contributed by atoms with Crippen LogP contribution in [0.5, 0.6) is 0 Å². The van der Waals surface area contributed by atoms with Gasteiger partial charge in [-0.25, -0.2) is 0 Å². The van der Waals surface area contributed by atoms with Crippen LogP contribution in [0.3, 0.4) is 0 Å². The van der Waals surface area contributed by atoms with Gasteiger partial charge in [0.25, 0.3) is 0 Å². The summed E-state index contributed by atoms with van der Waals surface area (Å²) in [6.07, 6.45) is 0. The van der Waals surface area contributed by atoms with E-state index >= 15 is 0 Å². The lowest BCUT2D eigenvalue weighted by atomic mass is 9.97. The summed E-state index contributed by atoms with van der Waals surface area (Å²) in [5, 5.41) is 3.46. The van der Waals surface area contributed by atoms with Gasteiger partial charge in [-0.05, 0) is 36.1 Å². The highest BCUT2D eigenvalue weighted by Gasteiger charge is 2.03. The van der Waals surface area contributed by atoms with Crippen molar-refractivity contribution in [2.24, 2.45) is 0 Å². The molecule has 0 amide bonds. The minimum atomic E-state index is 0.525. The molecule has 0 saturated carbocycles. The van der Waals surface area contributed by atoms with Gasteiger partial charge >= 0.3 is 0 Å². The summed E-state index contributed by atoms with van der Waals surface area (Å²) in [6, 6.07) is 16.0. The number of benzene rings is 2. The molecule has 1 heteroatoms. The van der Waals surface area contributed by atoms with E-state index < -0.39 is 0 Å². The first-order valence-corrected chi connectivity index (χ1v) is 6.96. The van der Waals surface area contributed by atoms with Crippen LogP contribution in [-0.2, 0) is 6.54 Å². The summed E-state index contributed by atoms with van der Waals surface area (Å²) in [4.78, 5) is 0. The minimum Gasteiger partial charge on any atom is -0.310 e. The monoisotopic (exact) mass is 253 g/mol. The predicted octanol–water partition coefficient (Wildman–Crippen LogP) is 4.47. The zero-order chi connectivity index (χ0) is 13.8. The molecule has 0 radical (unpaired) electrons. The van der Waals surface area contributed by atoms with Crippen LogP contribution in [0.1, 0.15) is 30.5 Å². The van der Waals surface area contributed by atoms with Crippen LogP contribution in [-0.4, -0.2) is 6.04 Å². The summed E-state index contributed by atoms with van der Waals surface area (Å²) >= 11 is 0. The molecule has 0 spiro atoms. The van der Waals surface area contributed by atoms with Crippen molar-refractivity contribution >= 4 is 0 Å². The van der Waals surface area contributed by atoms with E-state index in [9.17, 15) is 0 Å². The topological polar surface area (TPSA) is 12.0 Å². The van der Waals surface area contributed by atoms with Crippen molar-refractivity contribution in [1.29, 1.82) is 0 Å². The molecule has 100 valence electrons. The highest BCUT2D eigenvalue weighted by Crippen LogP contribution is 2.24. The fourth-order valence-electron chi connectivity index (χ4n) is 2.21. The Morgan fingerprint density at radius 3 is 2.21 bits per heavy atom. The van der Waals surface area contributed by atoms with Crippen LogP contribution in [0.4, 0.5) is 0 Å². The lowest BCUT2D eigenvalue weighted by Crippen LogP contribution is -2.21. The van der Waals surface area contributed by atoms with E-state index in [1.165, 1.54) is 27.8 Å². The molecule has 0 heterocycles. The van der Waals surface area contributed by atoms with Crippen LogP contribution in [0, 0.1) is 13.8 Å². The normalized spacial score (nSPS) is 11.0. The van der Waals surface area contributed by atoms with Gasteiger partial charge in [-0.15, -0.1) is 0 Å². The molecule has 2 rings (SSSR count). The Morgan fingerprint density at radius 2 is 1.63 bits per heavy atom. The zero-order valence-electron chi connectivity index (χ0n) is 12.3. The summed E-state index contributed by atoms with van der Waals surface area (Å²) in [5.74, 6) is 0. The van der Waals surface area contributed by atoms with Gasteiger partial charge in [0.2, 0.25) is 0 Å². The molecule has 1 N–H and O–H groups in total. The van der Waals surface area contributed by atoms with Crippen LogP contribution in [0.25, 0.3) is 11.1 Å². The second-order valence-electron chi connectivity index (χ2n) is 5.55. The average molecular weight is 253 g/mol. The SMILES string of the molecule is Cc1ccc(-c2ccc(CNC(C)C)cc2C)cc1. The Morgan fingerprint density at radius 1 is 0.947 bits per heavy atom. The molecular formula is C18H23N. The molecule has 0 saturated heterocycles. The molecule has 0 fully saturated rings. The van der Waals surface area contributed by atoms with Crippen molar-refractivity contribution in [2.75, 3.05) is 0 Å². The van der Waals surface area contributed by atoms with Crippen LogP contribution in [0.15, 0.2) is 42.5 Å². The van der Waals surface area contributed by atoms with Crippen LogP contribution in [0.2, 0.25) is 0 Å². The highest BCUT2D eigenvalue weighted by atomic mass is 14.9. The van der Waals surface area contributed by atoms with Crippen molar-refractivity contribution in [3.8, 4) is 11.1 Å². The lowest BCUT2D eigenvalue weighted by molar-refractivity contribution is 0.589. The molecule has 0 aliphatic carbocycles. The molecule has 2 aromatic rings. The molecule has 0 bridgehead atoms. The van der Waals surface area contributed by atoms with E-state index in [4.69, 9.17) is 0 Å². The van der Waals surface area contributed by atoms with E-state index in [0.29, 0.717) is 6.04 Å². The molecule has 1 nitrogen and oxygen atoms in total. The molecule has 19 heavy (non-hydrogen) atoms. The number of rotatable bonds is 4. The molecule has 0 aromatic heterocycles. The summed E-state index contributed by atoms with van der Waals surface area (Å²) in [6.45, 7) is 9.60. The maximum absolute atomic E-state index is 3.46. The van der Waals surface area contributed by atoms with E-state index in [0.717, 1.165) is 6.54 Å². The van der Waals surface area contributed by atoms with E-state index in [-0.39, 0.29) is 0 Å². The second kappa shape index (κ2) is 6.03. The van der Waals surface area contributed by atoms with Gasteiger partial charge in [0, 0.05) is 12.6 Å². The Labute approximate surface area is 116 Å². The molecule has 0 aliphatic heterocycles. The van der Waals surface area contributed by atoms with E-state index in [2.05, 4.69) is 75.5 Å². The highest BCUT2D eigenvalue weighted by molar-refractivity contribution is 5.67. The Balaban J connectivity index is 2.21. The molecular weight excluding hydrogens is 230 g/mol.